The first kappa shape index (κ1) is 26.6. The van der Waals surface area contributed by atoms with E-state index in [0.29, 0.717) is 6.42 Å². The molecule has 6 heteroatoms. The molecule has 39 heavy (non-hydrogen) atoms. The van der Waals surface area contributed by atoms with Crippen LogP contribution in [0.5, 0.6) is 0 Å². The highest BCUT2D eigenvalue weighted by molar-refractivity contribution is 8.00. The van der Waals surface area contributed by atoms with E-state index in [9.17, 15) is 9.59 Å². The Morgan fingerprint density at radius 3 is 2.31 bits per heavy atom. The summed E-state index contributed by atoms with van der Waals surface area (Å²) >= 11 is 1.47. The van der Waals surface area contributed by atoms with Gasteiger partial charge >= 0.3 is 0 Å². The number of carbonyl (C=O) groups excluding carboxylic acids is 2. The largest absolute Gasteiger partial charge is 0.341 e. The van der Waals surface area contributed by atoms with E-state index in [1.807, 2.05) is 60.7 Å². The normalized spacial score (nSPS) is 11.9. The van der Waals surface area contributed by atoms with Gasteiger partial charge in [0.25, 0.3) is 0 Å². The van der Waals surface area contributed by atoms with Gasteiger partial charge in [-0.25, -0.2) is 0 Å². The van der Waals surface area contributed by atoms with Gasteiger partial charge in [-0.05, 0) is 61.4 Å². The third kappa shape index (κ3) is 6.02. The molecule has 0 aliphatic carbocycles. The van der Waals surface area contributed by atoms with Crippen molar-refractivity contribution in [1.29, 1.82) is 0 Å². The number of anilines is 2. The van der Waals surface area contributed by atoms with E-state index in [0.717, 1.165) is 52.1 Å². The summed E-state index contributed by atoms with van der Waals surface area (Å²) in [5.74, 6) is -0.0849. The number of benzene rings is 4. The fraction of sp³-hybridized carbons (Fsp3) is 0.212. The van der Waals surface area contributed by atoms with Crippen molar-refractivity contribution in [3.63, 3.8) is 0 Å². The number of nitrogens with one attached hydrogen (secondary N) is 2. The second-order valence-electron chi connectivity index (χ2n) is 9.57. The number of aromatic nitrogens is 1. The molecule has 198 valence electrons. The predicted molar refractivity (Wildman–Crippen MR) is 163 cm³/mol. The second kappa shape index (κ2) is 12.2. The Balaban J connectivity index is 1.41. The smallest absolute Gasteiger partial charge is 0.242 e. The Labute approximate surface area is 233 Å². The zero-order valence-electron chi connectivity index (χ0n) is 22.3. The summed E-state index contributed by atoms with van der Waals surface area (Å²) in [6, 6.07) is 32.0. The molecule has 0 saturated heterocycles. The van der Waals surface area contributed by atoms with E-state index in [1.165, 1.54) is 22.7 Å². The van der Waals surface area contributed by atoms with Gasteiger partial charge in [0, 0.05) is 51.0 Å². The van der Waals surface area contributed by atoms with Crippen LogP contribution in [0.15, 0.2) is 102 Å². The highest BCUT2D eigenvalue weighted by atomic mass is 32.2. The Morgan fingerprint density at radius 1 is 0.769 bits per heavy atom. The van der Waals surface area contributed by atoms with Gasteiger partial charge in [0.2, 0.25) is 11.8 Å². The number of rotatable bonds is 10. The van der Waals surface area contributed by atoms with Crippen LogP contribution in [-0.2, 0) is 16.1 Å². The van der Waals surface area contributed by atoms with E-state index >= 15 is 0 Å². The number of hydrogen-bond acceptors (Lipinski definition) is 3. The van der Waals surface area contributed by atoms with E-state index in [1.54, 1.807) is 0 Å². The summed E-state index contributed by atoms with van der Waals surface area (Å²) in [4.78, 5) is 26.9. The molecule has 0 bridgehead atoms. The topological polar surface area (TPSA) is 63.1 Å². The number of amides is 2. The maximum atomic E-state index is 13.8. The molecule has 2 amide bonds. The van der Waals surface area contributed by atoms with Crippen molar-refractivity contribution in [2.24, 2.45) is 0 Å². The molecule has 5 rings (SSSR count). The predicted octanol–water partition coefficient (Wildman–Crippen LogP) is 8.42. The standard InChI is InChI=1S/C33H33N3O2S/c1-3-5-18-31(37)34-24-14-11-15-26(21-24)39-32(23-12-7-6-8-13-23)33(38)35-25-19-20-30-28(22-25)27-16-9-10-17-29(27)36(30)4-2/h6-17,19-22,32H,3-5,18H2,1-2H3,(H,34,37)(H,35,38). The maximum Gasteiger partial charge on any atom is 0.242 e. The summed E-state index contributed by atoms with van der Waals surface area (Å²) in [5, 5.41) is 7.99. The average Bonchev–Trinajstić information content (AvgIpc) is 3.28. The minimum Gasteiger partial charge on any atom is -0.341 e. The molecule has 1 heterocycles. The number of carbonyl (C=O) groups is 2. The molecule has 5 nitrogen and oxygen atoms in total. The number of unbranched alkanes of at least 4 members (excludes halogenated alkanes) is 1. The Morgan fingerprint density at radius 2 is 1.51 bits per heavy atom. The molecule has 1 atom stereocenters. The highest BCUT2D eigenvalue weighted by Gasteiger charge is 2.23. The monoisotopic (exact) mass is 535 g/mol. The number of thioether (sulfide) groups is 1. The first-order chi connectivity index (χ1) is 19.1. The number of para-hydroxylation sites is 1. The molecule has 0 spiro atoms. The first-order valence-electron chi connectivity index (χ1n) is 13.5. The number of hydrogen-bond donors (Lipinski definition) is 2. The van der Waals surface area contributed by atoms with E-state index in [2.05, 4.69) is 65.4 Å². The van der Waals surface area contributed by atoms with Gasteiger partial charge < -0.3 is 15.2 Å². The van der Waals surface area contributed by atoms with Gasteiger partial charge in [-0.2, -0.15) is 0 Å². The van der Waals surface area contributed by atoms with Crippen molar-refractivity contribution in [2.75, 3.05) is 10.6 Å². The summed E-state index contributed by atoms with van der Waals surface area (Å²) in [6.45, 7) is 5.09. The van der Waals surface area contributed by atoms with E-state index in [-0.39, 0.29) is 11.8 Å². The molecular formula is C33H33N3O2S. The lowest BCUT2D eigenvalue weighted by molar-refractivity contribution is -0.116. The van der Waals surface area contributed by atoms with Gasteiger partial charge in [-0.1, -0.05) is 67.9 Å². The lowest BCUT2D eigenvalue weighted by Crippen LogP contribution is -2.19. The minimum atomic E-state index is -0.468. The average molecular weight is 536 g/mol. The van der Waals surface area contributed by atoms with Crippen molar-refractivity contribution in [1.82, 2.24) is 4.57 Å². The number of nitrogens with zero attached hydrogens (tertiary/aromatic N) is 1. The quantitative estimate of drug-likeness (QED) is 0.176. The molecule has 1 aromatic heterocycles. The molecule has 4 aromatic carbocycles. The fourth-order valence-electron chi connectivity index (χ4n) is 4.92. The molecule has 0 saturated carbocycles. The number of aryl methyl sites for hydroxylation is 1. The van der Waals surface area contributed by atoms with Crippen LogP contribution in [0.3, 0.4) is 0 Å². The minimum absolute atomic E-state index is 0.0103. The van der Waals surface area contributed by atoms with Crippen LogP contribution >= 0.6 is 11.8 Å². The van der Waals surface area contributed by atoms with Gasteiger partial charge in [-0.3, -0.25) is 9.59 Å². The second-order valence-corrected chi connectivity index (χ2v) is 10.7. The van der Waals surface area contributed by atoms with Crippen LogP contribution < -0.4 is 10.6 Å². The van der Waals surface area contributed by atoms with E-state index < -0.39 is 5.25 Å². The van der Waals surface area contributed by atoms with Crippen LogP contribution in [0.2, 0.25) is 0 Å². The van der Waals surface area contributed by atoms with Crippen LogP contribution in [0.25, 0.3) is 21.8 Å². The van der Waals surface area contributed by atoms with Crippen LogP contribution in [0.1, 0.15) is 43.9 Å². The summed E-state index contributed by atoms with van der Waals surface area (Å²) in [5.41, 5.74) is 4.78. The van der Waals surface area contributed by atoms with Crippen LogP contribution in [0, 0.1) is 0 Å². The molecule has 2 N–H and O–H groups in total. The molecule has 0 radical (unpaired) electrons. The summed E-state index contributed by atoms with van der Waals surface area (Å²) < 4.78 is 2.30. The Kier molecular flexibility index (Phi) is 8.33. The van der Waals surface area contributed by atoms with Crippen LogP contribution in [0.4, 0.5) is 11.4 Å². The zero-order chi connectivity index (χ0) is 27.2. The lowest BCUT2D eigenvalue weighted by Gasteiger charge is -2.18. The molecular weight excluding hydrogens is 502 g/mol. The third-order valence-electron chi connectivity index (χ3n) is 6.83. The van der Waals surface area contributed by atoms with Crippen LogP contribution in [-0.4, -0.2) is 16.4 Å². The molecule has 1 unspecified atom stereocenters. The Bertz CT molecular complexity index is 1610. The lowest BCUT2D eigenvalue weighted by atomic mass is 10.1. The van der Waals surface area contributed by atoms with Crippen molar-refractivity contribution in [3.8, 4) is 0 Å². The Hall–Kier alpha value is -4.03. The zero-order valence-corrected chi connectivity index (χ0v) is 23.1. The summed E-state index contributed by atoms with van der Waals surface area (Å²) in [7, 11) is 0. The van der Waals surface area contributed by atoms with Gasteiger partial charge in [0.05, 0.1) is 0 Å². The fourth-order valence-corrected chi connectivity index (χ4v) is 6.01. The van der Waals surface area contributed by atoms with Gasteiger partial charge in [0.15, 0.2) is 0 Å². The maximum absolute atomic E-state index is 13.8. The SMILES string of the molecule is CCCCC(=O)Nc1cccc(SC(C(=O)Nc2ccc3c(c2)c2ccccc2n3CC)c2ccccc2)c1. The van der Waals surface area contributed by atoms with Crippen molar-refractivity contribution in [3.05, 3.63) is 103 Å². The molecule has 0 aliphatic heterocycles. The van der Waals surface area contributed by atoms with Gasteiger partial charge in [-0.15, -0.1) is 11.8 Å². The van der Waals surface area contributed by atoms with Crippen molar-refractivity contribution >= 4 is 56.8 Å². The third-order valence-corrected chi connectivity index (χ3v) is 8.07. The van der Waals surface area contributed by atoms with Crippen molar-refractivity contribution in [2.45, 2.75) is 49.8 Å². The first-order valence-corrected chi connectivity index (χ1v) is 14.4. The molecule has 0 fully saturated rings. The highest BCUT2D eigenvalue weighted by Crippen LogP contribution is 2.38. The van der Waals surface area contributed by atoms with E-state index in [4.69, 9.17) is 0 Å². The molecule has 5 aromatic rings. The van der Waals surface area contributed by atoms with Crippen molar-refractivity contribution < 1.29 is 9.59 Å². The number of fused-ring (bicyclic) bond motifs is 3. The molecule has 0 aliphatic rings. The van der Waals surface area contributed by atoms with Gasteiger partial charge in [0.1, 0.15) is 5.25 Å². The summed E-state index contributed by atoms with van der Waals surface area (Å²) in [6.07, 6.45) is 2.34.